The van der Waals surface area contributed by atoms with E-state index in [1.807, 2.05) is 4.57 Å². The van der Waals surface area contributed by atoms with E-state index in [1.165, 1.54) is 6.33 Å². The molecule has 24 heavy (non-hydrogen) atoms. The SMILES string of the molecule is CC(C)(C)C[Si]OC1C[C@H](n2cnc3c(N)ncnc32)O[C@@H]1CO. The second-order valence-corrected chi connectivity index (χ2v) is 8.05. The normalized spacial score (nSPS) is 24.8. The standard InChI is InChI=1S/C15H23N5O3Si/c1-15(2,3)6-24-23-9-4-11(22-10(9)5-21)20-8-19-12-13(16)17-7-18-14(12)20/h7-11,21H,4-6H2,1-3H3,(H2,16,17,18)/t9?,10-,11-/m1/s1. The lowest BCUT2D eigenvalue weighted by atomic mass is 10.0. The van der Waals surface area contributed by atoms with Gasteiger partial charge in [-0.1, -0.05) is 20.8 Å². The van der Waals surface area contributed by atoms with E-state index in [1.54, 1.807) is 6.33 Å². The lowest BCUT2D eigenvalue weighted by Crippen LogP contribution is -2.29. The number of nitrogens with zero attached hydrogens (tertiary/aromatic N) is 4. The maximum absolute atomic E-state index is 9.60. The molecule has 0 aliphatic carbocycles. The maximum atomic E-state index is 9.60. The number of hydrogen-bond acceptors (Lipinski definition) is 7. The number of nitrogen functional groups attached to an aromatic ring is 1. The summed E-state index contributed by atoms with van der Waals surface area (Å²) in [5.74, 6) is 0.343. The van der Waals surface area contributed by atoms with Gasteiger partial charge in [-0.05, 0) is 11.5 Å². The van der Waals surface area contributed by atoms with Crippen LogP contribution >= 0.6 is 0 Å². The van der Waals surface area contributed by atoms with E-state index in [-0.39, 0.29) is 30.5 Å². The number of ether oxygens (including phenoxy) is 1. The Balaban J connectivity index is 1.72. The molecular formula is C15H23N5O3Si. The summed E-state index contributed by atoms with van der Waals surface area (Å²) in [4.78, 5) is 12.5. The molecule has 3 N–H and O–H groups in total. The Morgan fingerprint density at radius 1 is 1.42 bits per heavy atom. The zero-order chi connectivity index (χ0) is 17.3. The molecule has 9 heteroatoms. The van der Waals surface area contributed by atoms with E-state index in [0.29, 0.717) is 33.2 Å². The molecule has 0 amide bonds. The van der Waals surface area contributed by atoms with Crippen molar-refractivity contribution in [1.82, 2.24) is 19.5 Å². The van der Waals surface area contributed by atoms with Gasteiger partial charge < -0.3 is 20.0 Å². The van der Waals surface area contributed by atoms with Crippen LogP contribution in [0.2, 0.25) is 6.04 Å². The van der Waals surface area contributed by atoms with Crippen LogP contribution in [0.4, 0.5) is 5.82 Å². The largest absolute Gasteiger partial charge is 0.412 e. The van der Waals surface area contributed by atoms with Crippen LogP contribution in [-0.4, -0.2) is 53.2 Å². The van der Waals surface area contributed by atoms with Crippen LogP contribution in [-0.2, 0) is 9.16 Å². The fourth-order valence-electron chi connectivity index (χ4n) is 2.61. The molecule has 0 saturated carbocycles. The van der Waals surface area contributed by atoms with Crippen LogP contribution in [0.25, 0.3) is 11.2 Å². The number of aromatic nitrogens is 4. The van der Waals surface area contributed by atoms with Crippen molar-refractivity contribution in [2.45, 2.75) is 51.7 Å². The molecular weight excluding hydrogens is 326 g/mol. The molecule has 1 unspecified atom stereocenters. The van der Waals surface area contributed by atoms with E-state index < -0.39 is 0 Å². The van der Waals surface area contributed by atoms with Gasteiger partial charge in [-0.3, -0.25) is 4.57 Å². The molecule has 0 bridgehead atoms. The lowest BCUT2D eigenvalue weighted by molar-refractivity contribution is -0.0391. The van der Waals surface area contributed by atoms with Crippen molar-refractivity contribution in [2.75, 3.05) is 12.3 Å². The number of nitrogens with two attached hydrogens (primary N) is 1. The third-order valence-corrected chi connectivity index (χ3v) is 5.57. The maximum Gasteiger partial charge on any atom is 0.230 e. The van der Waals surface area contributed by atoms with Crippen LogP contribution < -0.4 is 5.73 Å². The van der Waals surface area contributed by atoms with Crippen LogP contribution in [0.1, 0.15) is 33.4 Å². The Bertz CT molecular complexity index is 702. The Kier molecular flexibility index (Phi) is 4.86. The van der Waals surface area contributed by atoms with Crippen LogP contribution in [0.3, 0.4) is 0 Å². The highest BCUT2D eigenvalue weighted by atomic mass is 28.2. The zero-order valence-corrected chi connectivity index (χ0v) is 15.1. The fraction of sp³-hybridized carbons (Fsp3) is 0.667. The first kappa shape index (κ1) is 17.3. The quantitative estimate of drug-likeness (QED) is 0.780. The van der Waals surface area contributed by atoms with Crippen LogP contribution in [0, 0.1) is 5.41 Å². The predicted octanol–water partition coefficient (Wildman–Crippen LogP) is 1.16. The van der Waals surface area contributed by atoms with E-state index in [0.717, 1.165) is 6.04 Å². The van der Waals surface area contributed by atoms with Crippen molar-refractivity contribution >= 4 is 26.7 Å². The summed E-state index contributed by atoms with van der Waals surface area (Å²) < 4.78 is 13.8. The van der Waals surface area contributed by atoms with Gasteiger partial charge in [-0.2, -0.15) is 0 Å². The van der Waals surface area contributed by atoms with Crippen molar-refractivity contribution in [2.24, 2.45) is 5.41 Å². The highest BCUT2D eigenvalue weighted by molar-refractivity contribution is 6.27. The number of imidazole rings is 1. The van der Waals surface area contributed by atoms with Gasteiger partial charge in [0.2, 0.25) is 9.76 Å². The number of hydrogen-bond donors (Lipinski definition) is 2. The van der Waals surface area contributed by atoms with Gasteiger partial charge in [0.15, 0.2) is 11.5 Å². The molecule has 0 aromatic carbocycles. The number of aliphatic hydroxyl groups excluding tert-OH is 1. The minimum atomic E-state index is -0.348. The Morgan fingerprint density at radius 3 is 2.92 bits per heavy atom. The minimum absolute atomic E-state index is 0.0785. The van der Waals surface area contributed by atoms with Gasteiger partial charge in [-0.25, -0.2) is 15.0 Å². The molecule has 8 nitrogen and oxygen atoms in total. The molecule has 130 valence electrons. The van der Waals surface area contributed by atoms with E-state index >= 15 is 0 Å². The first-order valence-electron chi connectivity index (χ1n) is 7.97. The van der Waals surface area contributed by atoms with Crippen molar-refractivity contribution in [3.63, 3.8) is 0 Å². The molecule has 1 fully saturated rings. The van der Waals surface area contributed by atoms with Crippen LogP contribution in [0.5, 0.6) is 0 Å². The summed E-state index contributed by atoms with van der Waals surface area (Å²) in [5.41, 5.74) is 7.23. The third-order valence-electron chi connectivity index (χ3n) is 3.89. The van der Waals surface area contributed by atoms with Crippen molar-refractivity contribution < 1.29 is 14.3 Å². The summed E-state index contributed by atoms with van der Waals surface area (Å²) in [7, 11) is 0.379. The van der Waals surface area contributed by atoms with E-state index in [4.69, 9.17) is 14.9 Å². The highest BCUT2D eigenvalue weighted by Gasteiger charge is 2.37. The number of fused-ring (bicyclic) bond motifs is 1. The van der Waals surface area contributed by atoms with Gasteiger partial charge in [-0.15, -0.1) is 0 Å². The third kappa shape index (κ3) is 3.58. The van der Waals surface area contributed by atoms with Gasteiger partial charge in [0.05, 0.1) is 19.0 Å². The van der Waals surface area contributed by atoms with Gasteiger partial charge in [0.25, 0.3) is 0 Å². The average Bonchev–Trinajstić information content (AvgIpc) is 3.10. The lowest BCUT2D eigenvalue weighted by Gasteiger charge is -2.20. The van der Waals surface area contributed by atoms with Gasteiger partial charge in [0.1, 0.15) is 24.2 Å². The Hall–Kier alpha value is -1.55. The first-order chi connectivity index (χ1) is 11.4. The minimum Gasteiger partial charge on any atom is -0.412 e. The van der Waals surface area contributed by atoms with Gasteiger partial charge in [0, 0.05) is 6.42 Å². The molecule has 1 saturated heterocycles. The average molecular weight is 349 g/mol. The molecule has 0 spiro atoms. The molecule has 3 atom stereocenters. The monoisotopic (exact) mass is 349 g/mol. The van der Waals surface area contributed by atoms with Crippen molar-refractivity contribution in [1.29, 1.82) is 0 Å². The second kappa shape index (κ2) is 6.75. The smallest absolute Gasteiger partial charge is 0.230 e. The van der Waals surface area contributed by atoms with Crippen molar-refractivity contribution in [3.8, 4) is 0 Å². The van der Waals surface area contributed by atoms with Crippen molar-refractivity contribution in [3.05, 3.63) is 12.7 Å². The molecule has 3 heterocycles. The summed E-state index contributed by atoms with van der Waals surface area (Å²) in [5, 5.41) is 9.60. The zero-order valence-electron chi connectivity index (χ0n) is 14.1. The van der Waals surface area contributed by atoms with E-state index in [9.17, 15) is 5.11 Å². The topological polar surface area (TPSA) is 108 Å². The second-order valence-electron chi connectivity index (χ2n) is 7.17. The van der Waals surface area contributed by atoms with E-state index in [2.05, 4.69) is 35.7 Å². The Labute approximate surface area is 143 Å². The van der Waals surface area contributed by atoms with Crippen LogP contribution in [0.15, 0.2) is 12.7 Å². The molecule has 1 aliphatic heterocycles. The fourth-order valence-corrected chi connectivity index (χ4v) is 3.58. The summed E-state index contributed by atoms with van der Waals surface area (Å²) in [6.45, 7) is 6.47. The molecule has 1 aliphatic rings. The summed E-state index contributed by atoms with van der Waals surface area (Å²) in [6.07, 6.45) is 2.92. The molecule has 2 aromatic rings. The highest BCUT2D eigenvalue weighted by Crippen LogP contribution is 2.33. The molecule has 2 radical (unpaired) electrons. The number of anilines is 1. The Morgan fingerprint density at radius 2 is 2.21 bits per heavy atom. The summed E-state index contributed by atoms with van der Waals surface area (Å²) in [6, 6.07) is 0.976. The first-order valence-corrected chi connectivity index (χ1v) is 9.08. The summed E-state index contributed by atoms with van der Waals surface area (Å²) >= 11 is 0. The molecule has 2 aromatic heterocycles. The number of aliphatic hydroxyl groups is 1. The predicted molar refractivity (Wildman–Crippen MR) is 90.2 cm³/mol. The van der Waals surface area contributed by atoms with Gasteiger partial charge >= 0.3 is 0 Å². The number of rotatable bonds is 5. The molecule has 3 rings (SSSR count).